The van der Waals surface area contributed by atoms with Crippen LogP contribution in [0.4, 0.5) is 5.69 Å². The Hall–Kier alpha value is -2.29. The molecule has 0 atom stereocenters. The molecule has 0 aliphatic carbocycles. The minimum absolute atomic E-state index is 0.0932. The first kappa shape index (κ1) is 22.4. The predicted octanol–water partition coefficient (Wildman–Crippen LogP) is 2.71. The Morgan fingerprint density at radius 1 is 1.10 bits per heavy atom. The van der Waals surface area contributed by atoms with Crippen LogP contribution in [0.25, 0.3) is 0 Å². The lowest BCUT2D eigenvalue weighted by Crippen LogP contribution is -2.51. The molecular formula is C21H26ClN3O4S. The number of nitrogens with zero attached hydrogens (tertiary/aromatic N) is 3. The van der Waals surface area contributed by atoms with Crippen LogP contribution in [-0.2, 0) is 14.8 Å². The summed E-state index contributed by atoms with van der Waals surface area (Å²) < 4.78 is 33.4. The van der Waals surface area contributed by atoms with Gasteiger partial charge in [-0.2, -0.15) is 0 Å². The SMILES string of the molecule is CCN1CCN(C(=O)CN(c2cc(Cl)ccc2OC)S(=O)(=O)c2ccccc2)CC1. The van der Waals surface area contributed by atoms with Crippen molar-refractivity contribution >= 4 is 33.2 Å². The molecule has 1 heterocycles. The number of amides is 1. The van der Waals surface area contributed by atoms with Gasteiger partial charge in [0.2, 0.25) is 5.91 Å². The molecule has 2 aromatic carbocycles. The first-order chi connectivity index (χ1) is 14.4. The maximum atomic E-state index is 13.5. The highest BCUT2D eigenvalue weighted by Gasteiger charge is 2.31. The van der Waals surface area contributed by atoms with Gasteiger partial charge in [0.1, 0.15) is 12.3 Å². The van der Waals surface area contributed by atoms with E-state index in [1.165, 1.54) is 25.3 Å². The van der Waals surface area contributed by atoms with Crippen molar-refractivity contribution in [3.05, 3.63) is 53.6 Å². The molecule has 30 heavy (non-hydrogen) atoms. The molecule has 0 aromatic heterocycles. The van der Waals surface area contributed by atoms with E-state index in [1.807, 2.05) is 0 Å². The van der Waals surface area contributed by atoms with Crippen LogP contribution in [0.15, 0.2) is 53.4 Å². The van der Waals surface area contributed by atoms with Crippen molar-refractivity contribution in [3.8, 4) is 5.75 Å². The lowest BCUT2D eigenvalue weighted by Gasteiger charge is -2.35. The van der Waals surface area contributed by atoms with Crippen molar-refractivity contribution in [2.75, 3.05) is 50.7 Å². The molecule has 0 saturated carbocycles. The average molecular weight is 452 g/mol. The van der Waals surface area contributed by atoms with Crippen molar-refractivity contribution in [3.63, 3.8) is 0 Å². The minimum Gasteiger partial charge on any atom is -0.495 e. The van der Waals surface area contributed by atoms with Gasteiger partial charge in [-0.05, 0) is 36.9 Å². The van der Waals surface area contributed by atoms with Gasteiger partial charge in [-0.3, -0.25) is 9.10 Å². The van der Waals surface area contributed by atoms with E-state index in [9.17, 15) is 13.2 Å². The molecule has 1 amide bonds. The van der Waals surface area contributed by atoms with Gasteiger partial charge in [-0.15, -0.1) is 0 Å². The third-order valence-electron chi connectivity index (χ3n) is 5.19. The second kappa shape index (κ2) is 9.68. The highest BCUT2D eigenvalue weighted by Crippen LogP contribution is 2.34. The number of anilines is 1. The number of methoxy groups -OCH3 is 1. The van der Waals surface area contributed by atoms with E-state index in [0.29, 0.717) is 23.9 Å². The van der Waals surface area contributed by atoms with Gasteiger partial charge in [0.15, 0.2) is 0 Å². The number of hydrogen-bond donors (Lipinski definition) is 0. The standard InChI is InChI=1S/C21H26ClN3O4S/c1-3-23-11-13-24(14-12-23)21(26)16-25(19-15-17(22)9-10-20(19)29-2)30(27,28)18-7-5-4-6-8-18/h4-10,15H,3,11-14,16H2,1-2H3. The summed E-state index contributed by atoms with van der Waals surface area (Å²) in [6.45, 7) is 5.35. The first-order valence-electron chi connectivity index (χ1n) is 9.78. The van der Waals surface area contributed by atoms with Gasteiger partial charge in [0, 0.05) is 31.2 Å². The summed E-state index contributed by atoms with van der Waals surface area (Å²) in [5.74, 6) is 0.0646. The largest absolute Gasteiger partial charge is 0.495 e. The van der Waals surface area contributed by atoms with E-state index >= 15 is 0 Å². The number of benzene rings is 2. The number of ether oxygens (including phenoxy) is 1. The van der Waals surface area contributed by atoms with Crippen molar-refractivity contribution < 1.29 is 17.9 Å². The quantitative estimate of drug-likeness (QED) is 0.647. The molecule has 1 fully saturated rings. The van der Waals surface area contributed by atoms with Crippen molar-refractivity contribution in [2.24, 2.45) is 0 Å². The summed E-state index contributed by atoms with van der Waals surface area (Å²) in [6.07, 6.45) is 0. The summed E-state index contributed by atoms with van der Waals surface area (Å²) in [5, 5.41) is 0.350. The fourth-order valence-electron chi connectivity index (χ4n) is 3.41. The van der Waals surface area contributed by atoms with Crippen molar-refractivity contribution in [1.82, 2.24) is 9.80 Å². The smallest absolute Gasteiger partial charge is 0.264 e. The first-order valence-corrected chi connectivity index (χ1v) is 11.6. The third kappa shape index (κ3) is 4.88. The third-order valence-corrected chi connectivity index (χ3v) is 7.20. The molecular weight excluding hydrogens is 426 g/mol. The van der Waals surface area contributed by atoms with Gasteiger partial charge in [0.25, 0.3) is 10.0 Å². The molecule has 7 nitrogen and oxygen atoms in total. The van der Waals surface area contributed by atoms with Crippen LogP contribution in [0.3, 0.4) is 0 Å². The van der Waals surface area contributed by atoms with Crippen LogP contribution < -0.4 is 9.04 Å². The van der Waals surface area contributed by atoms with Gasteiger partial charge in [-0.1, -0.05) is 36.7 Å². The van der Waals surface area contributed by atoms with Crippen LogP contribution >= 0.6 is 11.6 Å². The Morgan fingerprint density at radius 2 is 1.77 bits per heavy atom. The Labute approximate surface area is 182 Å². The summed E-state index contributed by atoms with van der Waals surface area (Å²) in [5.41, 5.74) is 0.231. The van der Waals surface area contributed by atoms with E-state index in [2.05, 4.69) is 11.8 Å². The maximum absolute atomic E-state index is 13.5. The fraction of sp³-hybridized carbons (Fsp3) is 0.381. The molecule has 1 saturated heterocycles. The average Bonchev–Trinajstić information content (AvgIpc) is 2.77. The number of carbonyl (C=O) groups is 1. The zero-order valence-electron chi connectivity index (χ0n) is 17.1. The zero-order chi connectivity index (χ0) is 21.7. The Morgan fingerprint density at radius 3 is 2.37 bits per heavy atom. The van der Waals surface area contributed by atoms with Gasteiger partial charge >= 0.3 is 0 Å². The molecule has 162 valence electrons. The molecule has 0 radical (unpaired) electrons. The number of hydrogen-bond acceptors (Lipinski definition) is 5. The Balaban J connectivity index is 1.97. The monoisotopic (exact) mass is 451 g/mol. The second-order valence-corrected chi connectivity index (χ2v) is 9.25. The number of piperazine rings is 1. The molecule has 0 bridgehead atoms. The zero-order valence-corrected chi connectivity index (χ0v) is 18.7. The Kier molecular flexibility index (Phi) is 7.23. The molecule has 0 spiro atoms. The number of sulfonamides is 1. The number of rotatable bonds is 7. The Bertz CT molecular complexity index is 977. The number of likely N-dealkylation sites (N-methyl/N-ethyl adjacent to an activating group) is 1. The van der Waals surface area contributed by atoms with Crippen molar-refractivity contribution in [1.29, 1.82) is 0 Å². The van der Waals surface area contributed by atoms with Crippen molar-refractivity contribution in [2.45, 2.75) is 11.8 Å². The fourth-order valence-corrected chi connectivity index (χ4v) is 5.02. The van der Waals surface area contributed by atoms with Gasteiger partial charge in [0.05, 0.1) is 17.7 Å². The van der Waals surface area contributed by atoms with E-state index in [-0.39, 0.29) is 23.0 Å². The predicted molar refractivity (Wildman–Crippen MR) is 118 cm³/mol. The van der Waals surface area contributed by atoms with E-state index in [4.69, 9.17) is 16.3 Å². The summed E-state index contributed by atoms with van der Waals surface area (Å²) >= 11 is 6.15. The molecule has 2 aromatic rings. The van der Waals surface area contributed by atoms with Crippen LogP contribution in [-0.4, -0.2) is 70.5 Å². The summed E-state index contributed by atoms with van der Waals surface area (Å²) in [4.78, 5) is 17.1. The van der Waals surface area contributed by atoms with Gasteiger partial charge < -0.3 is 14.5 Å². The molecule has 0 unspecified atom stereocenters. The van der Waals surface area contributed by atoms with Crippen LogP contribution in [0.2, 0.25) is 5.02 Å². The van der Waals surface area contributed by atoms with Crippen LogP contribution in [0, 0.1) is 0 Å². The molecule has 0 N–H and O–H groups in total. The lowest BCUT2D eigenvalue weighted by atomic mass is 10.2. The maximum Gasteiger partial charge on any atom is 0.264 e. The molecule has 1 aliphatic rings. The number of carbonyl (C=O) groups excluding carboxylic acids is 1. The van der Waals surface area contributed by atoms with Crippen LogP contribution in [0.1, 0.15) is 6.92 Å². The van der Waals surface area contributed by atoms with Crippen LogP contribution in [0.5, 0.6) is 5.75 Å². The van der Waals surface area contributed by atoms with E-state index in [1.54, 1.807) is 35.2 Å². The lowest BCUT2D eigenvalue weighted by molar-refractivity contribution is -0.131. The summed E-state index contributed by atoms with van der Waals surface area (Å²) in [7, 11) is -2.57. The topological polar surface area (TPSA) is 70.2 Å². The molecule has 9 heteroatoms. The van der Waals surface area contributed by atoms with E-state index < -0.39 is 10.0 Å². The molecule has 1 aliphatic heterocycles. The molecule has 3 rings (SSSR count). The number of halogens is 1. The van der Waals surface area contributed by atoms with Gasteiger partial charge in [-0.25, -0.2) is 8.42 Å². The highest BCUT2D eigenvalue weighted by atomic mass is 35.5. The van der Waals surface area contributed by atoms with E-state index in [0.717, 1.165) is 23.9 Å². The second-order valence-electron chi connectivity index (χ2n) is 6.96. The minimum atomic E-state index is -4.02. The normalized spacial score (nSPS) is 15.1. The highest BCUT2D eigenvalue weighted by molar-refractivity contribution is 7.92. The summed E-state index contributed by atoms with van der Waals surface area (Å²) in [6, 6.07) is 12.7.